The van der Waals surface area contributed by atoms with Crippen molar-refractivity contribution in [2.75, 3.05) is 7.11 Å². The first-order valence-corrected chi connectivity index (χ1v) is 8.64. The average Bonchev–Trinajstić information content (AvgIpc) is 2.66. The van der Waals surface area contributed by atoms with Crippen LogP contribution in [0.1, 0.15) is 37.3 Å². The third kappa shape index (κ3) is 5.31. The molecule has 4 nitrogen and oxygen atoms in total. The lowest BCUT2D eigenvalue weighted by atomic mass is 9.90. The fraction of sp³-hybridized carbons (Fsp3) is 0.273. The van der Waals surface area contributed by atoms with E-state index >= 15 is 0 Å². The summed E-state index contributed by atoms with van der Waals surface area (Å²) in [4.78, 5) is 25.2. The quantitative estimate of drug-likeness (QED) is 0.609. The van der Waals surface area contributed by atoms with E-state index in [9.17, 15) is 9.59 Å². The minimum Gasteiger partial charge on any atom is -0.467 e. The molecule has 0 aliphatic carbocycles. The molecule has 0 heterocycles. The summed E-state index contributed by atoms with van der Waals surface area (Å²) in [5.41, 5.74) is 2.83. The van der Waals surface area contributed by atoms with E-state index in [-0.39, 0.29) is 5.91 Å². The van der Waals surface area contributed by atoms with E-state index in [0.717, 1.165) is 16.7 Å². The number of hydrogen-bond donors (Lipinski definition) is 1. The molecule has 0 aliphatic rings. The van der Waals surface area contributed by atoms with Gasteiger partial charge in [0.2, 0.25) is 5.91 Å². The average molecular weight is 351 g/mol. The minimum absolute atomic E-state index is 0.222. The third-order valence-corrected chi connectivity index (χ3v) is 4.09. The monoisotopic (exact) mass is 351 g/mol. The molecule has 0 radical (unpaired) electrons. The molecule has 0 unspecified atom stereocenters. The Kier molecular flexibility index (Phi) is 7.15. The number of carbonyl (C=O) groups excluding carboxylic acids is 2. The molecule has 0 spiro atoms. The number of hydrogen-bond acceptors (Lipinski definition) is 3. The van der Waals surface area contributed by atoms with Crippen LogP contribution in [0.2, 0.25) is 0 Å². The number of benzene rings is 2. The summed E-state index contributed by atoms with van der Waals surface area (Å²) in [6.07, 6.45) is 2.32. The molecule has 0 saturated carbocycles. The highest BCUT2D eigenvalue weighted by molar-refractivity contribution is 5.91. The van der Waals surface area contributed by atoms with E-state index in [0.29, 0.717) is 6.42 Å². The topological polar surface area (TPSA) is 55.4 Å². The predicted octanol–water partition coefficient (Wildman–Crippen LogP) is 3.83. The zero-order chi connectivity index (χ0) is 18.9. The molecule has 0 aromatic heterocycles. The van der Waals surface area contributed by atoms with Gasteiger partial charge in [0.05, 0.1) is 13.0 Å². The molecule has 0 fully saturated rings. The maximum absolute atomic E-state index is 13.1. The second-order valence-electron chi connectivity index (χ2n) is 6.36. The standard InChI is InChI=1S/C22H25NO3/c1-16(2)14-15-19(22(25)26-3)23-21(24)20(17-10-6-4-7-11-17)18-12-8-5-9-13-18/h4-14,19-20H,15H2,1-3H3,(H,23,24)/t19-/m1/s1. The van der Waals surface area contributed by atoms with Crippen LogP contribution in [0.5, 0.6) is 0 Å². The van der Waals surface area contributed by atoms with Gasteiger partial charge in [0.25, 0.3) is 0 Å². The van der Waals surface area contributed by atoms with Gasteiger partial charge in [0.15, 0.2) is 0 Å². The Morgan fingerprint density at radius 2 is 1.46 bits per heavy atom. The first-order valence-electron chi connectivity index (χ1n) is 8.64. The van der Waals surface area contributed by atoms with E-state index < -0.39 is 17.9 Å². The van der Waals surface area contributed by atoms with Gasteiger partial charge in [-0.05, 0) is 31.4 Å². The van der Waals surface area contributed by atoms with Crippen molar-refractivity contribution >= 4 is 11.9 Å². The number of esters is 1. The second kappa shape index (κ2) is 9.56. The highest BCUT2D eigenvalue weighted by atomic mass is 16.5. The molecule has 1 amide bonds. The molecule has 4 heteroatoms. The van der Waals surface area contributed by atoms with Crippen LogP contribution < -0.4 is 5.32 Å². The molecule has 26 heavy (non-hydrogen) atoms. The molecule has 2 rings (SSSR count). The molecule has 0 bridgehead atoms. The van der Waals surface area contributed by atoms with E-state index in [1.165, 1.54) is 7.11 Å². The Bertz CT molecular complexity index is 710. The smallest absolute Gasteiger partial charge is 0.328 e. The largest absolute Gasteiger partial charge is 0.467 e. The van der Waals surface area contributed by atoms with Crippen molar-refractivity contribution in [2.45, 2.75) is 32.2 Å². The van der Waals surface area contributed by atoms with Crippen molar-refractivity contribution in [3.63, 3.8) is 0 Å². The first-order chi connectivity index (χ1) is 12.5. The molecule has 136 valence electrons. The molecule has 2 aromatic carbocycles. The van der Waals surface area contributed by atoms with Crippen molar-refractivity contribution in [1.29, 1.82) is 0 Å². The summed E-state index contributed by atoms with van der Waals surface area (Å²) >= 11 is 0. The van der Waals surface area contributed by atoms with Crippen molar-refractivity contribution < 1.29 is 14.3 Å². The highest BCUT2D eigenvalue weighted by Gasteiger charge is 2.27. The predicted molar refractivity (Wildman–Crippen MR) is 103 cm³/mol. The van der Waals surface area contributed by atoms with E-state index in [2.05, 4.69) is 5.32 Å². The summed E-state index contributed by atoms with van der Waals surface area (Å²) in [6, 6.07) is 18.4. The van der Waals surface area contributed by atoms with Crippen molar-refractivity contribution in [2.24, 2.45) is 0 Å². The lowest BCUT2D eigenvalue weighted by Crippen LogP contribution is -2.43. The Morgan fingerprint density at radius 3 is 1.88 bits per heavy atom. The van der Waals surface area contributed by atoms with Gasteiger partial charge >= 0.3 is 5.97 Å². The van der Waals surface area contributed by atoms with E-state index in [1.807, 2.05) is 80.6 Å². The summed E-state index contributed by atoms with van der Waals surface area (Å²) in [6.45, 7) is 3.90. The number of rotatable bonds is 7. The lowest BCUT2D eigenvalue weighted by Gasteiger charge is -2.21. The van der Waals surface area contributed by atoms with Crippen molar-refractivity contribution in [3.05, 3.63) is 83.4 Å². The molecule has 1 N–H and O–H groups in total. The second-order valence-corrected chi connectivity index (χ2v) is 6.36. The molecular formula is C22H25NO3. The Hall–Kier alpha value is -2.88. The van der Waals surface area contributed by atoms with Gasteiger partial charge in [0, 0.05) is 0 Å². The van der Waals surface area contributed by atoms with Crippen LogP contribution in [0.3, 0.4) is 0 Å². The number of ether oxygens (including phenoxy) is 1. The van der Waals surface area contributed by atoms with Gasteiger partial charge in [-0.25, -0.2) is 4.79 Å². The minimum atomic E-state index is -0.711. The van der Waals surface area contributed by atoms with Crippen LogP contribution in [-0.4, -0.2) is 25.0 Å². The van der Waals surface area contributed by atoms with Crippen molar-refractivity contribution in [3.8, 4) is 0 Å². The number of allylic oxidation sites excluding steroid dienone is 1. The SMILES string of the molecule is COC(=O)[C@@H](CC=C(C)C)NC(=O)C(c1ccccc1)c1ccccc1. The van der Waals surface area contributed by atoms with Gasteiger partial charge in [-0.3, -0.25) is 4.79 Å². The Balaban J connectivity index is 2.30. The fourth-order valence-electron chi connectivity index (χ4n) is 2.75. The fourth-order valence-corrected chi connectivity index (χ4v) is 2.75. The zero-order valence-corrected chi connectivity index (χ0v) is 15.4. The maximum atomic E-state index is 13.1. The number of amides is 1. The highest BCUT2D eigenvalue weighted by Crippen LogP contribution is 2.25. The van der Waals surface area contributed by atoms with Crippen LogP contribution in [0.25, 0.3) is 0 Å². The number of methoxy groups -OCH3 is 1. The maximum Gasteiger partial charge on any atom is 0.328 e. The van der Waals surface area contributed by atoms with E-state index in [4.69, 9.17) is 4.74 Å². The summed E-state index contributed by atoms with van der Waals surface area (Å²) in [7, 11) is 1.33. The summed E-state index contributed by atoms with van der Waals surface area (Å²) < 4.78 is 4.85. The summed E-state index contributed by atoms with van der Waals surface area (Å²) in [5.74, 6) is -1.16. The Labute approximate surface area is 154 Å². The van der Waals surface area contributed by atoms with Gasteiger partial charge in [0.1, 0.15) is 6.04 Å². The van der Waals surface area contributed by atoms with E-state index in [1.54, 1.807) is 0 Å². The molecule has 0 aliphatic heterocycles. The van der Waals surface area contributed by atoms with Gasteiger partial charge in [-0.2, -0.15) is 0 Å². The van der Waals surface area contributed by atoms with Crippen LogP contribution in [0, 0.1) is 0 Å². The third-order valence-electron chi connectivity index (χ3n) is 4.09. The molecule has 2 aromatic rings. The normalized spacial score (nSPS) is 11.5. The van der Waals surface area contributed by atoms with Crippen LogP contribution in [-0.2, 0) is 14.3 Å². The number of carbonyl (C=O) groups is 2. The van der Waals surface area contributed by atoms with Crippen molar-refractivity contribution in [1.82, 2.24) is 5.32 Å². The van der Waals surface area contributed by atoms with Gasteiger partial charge in [-0.15, -0.1) is 0 Å². The lowest BCUT2D eigenvalue weighted by molar-refractivity contribution is -0.145. The molecule has 1 atom stereocenters. The van der Waals surface area contributed by atoms with Gasteiger partial charge in [-0.1, -0.05) is 72.3 Å². The first kappa shape index (κ1) is 19.4. The summed E-state index contributed by atoms with van der Waals surface area (Å²) in [5, 5.41) is 2.86. The van der Waals surface area contributed by atoms with Crippen LogP contribution in [0.4, 0.5) is 0 Å². The number of nitrogens with one attached hydrogen (secondary N) is 1. The van der Waals surface area contributed by atoms with Crippen LogP contribution >= 0.6 is 0 Å². The zero-order valence-electron chi connectivity index (χ0n) is 15.4. The Morgan fingerprint density at radius 1 is 0.962 bits per heavy atom. The molecular weight excluding hydrogens is 326 g/mol. The molecule has 0 saturated heterocycles. The van der Waals surface area contributed by atoms with Crippen LogP contribution in [0.15, 0.2) is 72.3 Å². The van der Waals surface area contributed by atoms with Gasteiger partial charge < -0.3 is 10.1 Å².